The molecule has 0 saturated carbocycles. The maximum atomic E-state index is 14.3. The van der Waals surface area contributed by atoms with E-state index in [2.05, 4.69) is 0 Å². The Labute approximate surface area is 271 Å². The molecule has 45 heavy (non-hydrogen) atoms. The Balaban J connectivity index is 2.09. The Hall–Kier alpha value is -3.46. The van der Waals surface area contributed by atoms with Crippen LogP contribution in [0.25, 0.3) is 0 Å². The Bertz CT molecular complexity index is 1580. The van der Waals surface area contributed by atoms with Gasteiger partial charge in [-0.25, -0.2) is 3.63 Å². The first-order valence-corrected chi connectivity index (χ1v) is 18.0. The molecule has 8 heteroatoms. The molecule has 0 heterocycles. The Morgan fingerprint density at radius 2 is 0.800 bits per heavy atom. The molecular formula is C37H46O6S2. The maximum absolute atomic E-state index is 14.3. The van der Waals surface area contributed by atoms with Crippen molar-refractivity contribution in [2.45, 2.75) is 106 Å². The second-order valence-corrected chi connectivity index (χ2v) is 18.4. The number of ether oxygens (including phenoxy) is 3. The number of benzene rings is 4. The summed E-state index contributed by atoms with van der Waals surface area (Å²) in [6.07, 6.45) is 0. The van der Waals surface area contributed by atoms with Gasteiger partial charge in [-0.05, 0) is 146 Å². The van der Waals surface area contributed by atoms with Crippen LogP contribution in [0.2, 0.25) is 0 Å². The minimum Gasteiger partial charge on any atom is -0.488 e. The van der Waals surface area contributed by atoms with Crippen LogP contribution in [0.1, 0.15) is 67.9 Å². The molecule has 4 aromatic carbocycles. The topological polar surface area (TPSA) is 71.1 Å². The number of hydrogen-bond donors (Lipinski definition) is 0. The molecule has 0 aliphatic carbocycles. The Morgan fingerprint density at radius 3 is 1.11 bits per heavy atom. The van der Waals surface area contributed by atoms with Crippen LogP contribution < -0.4 is 14.2 Å². The predicted molar refractivity (Wildman–Crippen MR) is 182 cm³/mol. The molecule has 4 rings (SSSR count). The predicted octanol–water partition coefficient (Wildman–Crippen LogP) is 10.1. The minimum absolute atomic E-state index is 0.0660. The zero-order valence-corrected chi connectivity index (χ0v) is 29.6. The molecule has 0 bridgehead atoms. The highest BCUT2D eigenvalue weighted by atomic mass is 32.3. The first-order chi connectivity index (χ1) is 20.8. The van der Waals surface area contributed by atoms with Crippen molar-refractivity contribution in [3.05, 3.63) is 103 Å². The average molecular weight is 651 g/mol. The van der Waals surface area contributed by atoms with Crippen molar-refractivity contribution in [3.63, 3.8) is 0 Å². The van der Waals surface area contributed by atoms with E-state index in [1.165, 1.54) is 0 Å². The monoisotopic (exact) mass is 650 g/mol. The van der Waals surface area contributed by atoms with Gasteiger partial charge in [-0.1, -0.05) is 35.9 Å². The van der Waals surface area contributed by atoms with Crippen molar-refractivity contribution >= 4 is 20.4 Å². The highest BCUT2D eigenvalue weighted by Gasteiger charge is 2.40. The summed E-state index contributed by atoms with van der Waals surface area (Å²) < 4.78 is 54.1. The van der Waals surface area contributed by atoms with Crippen LogP contribution in [0.15, 0.2) is 117 Å². The number of hydrogen-bond acceptors (Lipinski definition) is 6. The summed E-state index contributed by atoms with van der Waals surface area (Å²) in [6.45, 7) is 19.7. The summed E-state index contributed by atoms with van der Waals surface area (Å²) in [5.74, 6) is 1.78. The smallest absolute Gasteiger partial charge is 0.307 e. The van der Waals surface area contributed by atoms with Crippen LogP contribution >= 0.6 is 10.3 Å². The lowest BCUT2D eigenvalue weighted by atomic mass is 10.2. The van der Waals surface area contributed by atoms with E-state index in [1.54, 1.807) is 24.3 Å². The van der Waals surface area contributed by atoms with Crippen molar-refractivity contribution < 1.29 is 26.3 Å². The highest BCUT2D eigenvalue weighted by Crippen LogP contribution is 2.71. The van der Waals surface area contributed by atoms with Crippen LogP contribution in [0, 0.1) is 6.92 Å². The van der Waals surface area contributed by atoms with E-state index in [0.29, 0.717) is 31.9 Å². The van der Waals surface area contributed by atoms with Crippen molar-refractivity contribution in [2.75, 3.05) is 0 Å². The first-order valence-electron chi connectivity index (χ1n) is 15.0. The van der Waals surface area contributed by atoms with Gasteiger partial charge < -0.3 is 14.2 Å². The molecule has 0 radical (unpaired) electrons. The van der Waals surface area contributed by atoms with Crippen molar-refractivity contribution in [1.29, 1.82) is 0 Å². The molecule has 0 aliphatic rings. The van der Waals surface area contributed by atoms with Gasteiger partial charge in [-0.2, -0.15) is 8.42 Å². The molecule has 6 nitrogen and oxygen atoms in total. The van der Waals surface area contributed by atoms with E-state index in [1.807, 2.05) is 142 Å². The molecule has 4 aromatic rings. The maximum Gasteiger partial charge on any atom is 0.307 e. The van der Waals surface area contributed by atoms with Gasteiger partial charge in [0.2, 0.25) is 0 Å². The zero-order valence-electron chi connectivity index (χ0n) is 28.0. The molecule has 0 aromatic heterocycles. The number of aryl methyl sites for hydroxylation is 1. The summed E-state index contributed by atoms with van der Waals surface area (Å²) in [4.78, 5) is 1.98. The van der Waals surface area contributed by atoms with Crippen LogP contribution in [-0.4, -0.2) is 25.2 Å². The lowest BCUT2D eigenvalue weighted by molar-refractivity contribution is 0.130. The van der Waals surface area contributed by atoms with E-state index < -0.39 is 37.2 Å². The van der Waals surface area contributed by atoms with E-state index in [0.717, 1.165) is 5.56 Å². The summed E-state index contributed by atoms with van der Waals surface area (Å²) in [5, 5.41) is 0. The van der Waals surface area contributed by atoms with Crippen LogP contribution in [0.5, 0.6) is 17.2 Å². The molecule has 0 spiro atoms. The van der Waals surface area contributed by atoms with E-state index in [9.17, 15) is 8.42 Å². The summed E-state index contributed by atoms with van der Waals surface area (Å²) in [7, 11) is -7.32. The lowest BCUT2D eigenvalue weighted by Gasteiger charge is -2.40. The SMILES string of the molecule is Cc1ccc(S(=O)(=O)OS(c2cccc(OC(C)(C)C)c2)(c2cccc(OC(C)(C)C)c2)c2cccc(OC(C)(C)C)c2)cc1. The lowest BCUT2D eigenvalue weighted by Crippen LogP contribution is -2.23. The fourth-order valence-electron chi connectivity index (χ4n) is 4.61. The van der Waals surface area contributed by atoms with E-state index >= 15 is 0 Å². The van der Waals surface area contributed by atoms with Gasteiger partial charge >= 0.3 is 10.1 Å². The van der Waals surface area contributed by atoms with Crippen LogP contribution in [-0.2, 0) is 13.7 Å². The molecule has 0 saturated heterocycles. The summed E-state index contributed by atoms with van der Waals surface area (Å²) >= 11 is 0. The Morgan fingerprint density at radius 1 is 0.467 bits per heavy atom. The molecule has 0 amide bonds. The van der Waals surface area contributed by atoms with E-state index in [4.69, 9.17) is 17.8 Å². The fraction of sp³-hybridized carbons (Fsp3) is 0.351. The van der Waals surface area contributed by atoms with E-state index in [-0.39, 0.29) is 4.90 Å². The van der Waals surface area contributed by atoms with Gasteiger partial charge in [0, 0.05) is 14.7 Å². The second kappa shape index (κ2) is 12.7. The quantitative estimate of drug-likeness (QED) is 0.180. The van der Waals surface area contributed by atoms with Crippen molar-refractivity contribution in [2.24, 2.45) is 0 Å². The normalized spacial score (nSPS) is 13.3. The molecule has 242 valence electrons. The Kier molecular flexibility index (Phi) is 9.74. The molecular weight excluding hydrogens is 605 g/mol. The fourth-order valence-corrected chi connectivity index (χ4v) is 9.89. The average Bonchev–Trinajstić information content (AvgIpc) is 2.89. The molecule has 0 N–H and O–H groups in total. The highest BCUT2D eigenvalue weighted by molar-refractivity contribution is 8.33. The minimum atomic E-state index is -4.31. The number of rotatable bonds is 9. The van der Waals surface area contributed by atoms with Gasteiger partial charge in [0.25, 0.3) is 0 Å². The third-order valence-electron chi connectivity index (χ3n) is 6.19. The molecule has 0 atom stereocenters. The zero-order chi connectivity index (χ0) is 33.3. The molecule has 0 unspecified atom stereocenters. The summed E-state index contributed by atoms with van der Waals surface area (Å²) in [6, 6.07) is 29.2. The van der Waals surface area contributed by atoms with Gasteiger partial charge in [-0.3, -0.25) is 0 Å². The molecule has 0 aliphatic heterocycles. The summed E-state index contributed by atoms with van der Waals surface area (Å²) in [5.41, 5.74) is -0.496. The first kappa shape index (κ1) is 34.4. The van der Waals surface area contributed by atoms with Crippen LogP contribution in [0.4, 0.5) is 0 Å². The standard InChI is InChI=1S/C37H46O6S2/c1-27-20-22-31(23-21-27)45(38,39)43-44(32-17-11-14-28(24-32)40-35(2,3)4,33-18-12-15-29(25-33)41-36(5,6)7)34-19-13-16-30(26-34)42-37(8,9)10/h11-26H,1-10H3. The third kappa shape index (κ3) is 9.06. The van der Waals surface area contributed by atoms with Gasteiger partial charge in [0.15, 0.2) is 0 Å². The van der Waals surface area contributed by atoms with Gasteiger partial charge in [-0.15, -0.1) is 0 Å². The van der Waals surface area contributed by atoms with Gasteiger partial charge in [0.1, 0.15) is 34.1 Å². The molecule has 0 fully saturated rings. The van der Waals surface area contributed by atoms with Crippen LogP contribution in [0.3, 0.4) is 0 Å². The van der Waals surface area contributed by atoms with Crippen molar-refractivity contribution in [3.8, 4) is 17.2 Å². The second-order valence-electron chi connectivity index (χ2n) is 14.0. The largest absolute Gasteiger partial charge is 0.488 e. The third-order valence-corrected chi connectivity index (χ3v) is 11.3. The van der Waals surface area contributed by atoms with Crippen molar-refractivity contribution in [1.82, 2.24) is 0 Å². The van der Waals surface area contributed by atoms with Gasteiger partial charge in [0.05, 0.1) is 4.90 Å².